The summed E-state index contributed by atoms with van der Waals surface area (Å²) in [7, 11) is 0. The number of ether oxygens (including phenoxy) is 1. The summed E-state index contributed by atoms with van der Waals surface area (Å²) in [6.07, 6.45) is -3.48. The van der Waals surface area contributed by atoms with Gasteiger partial charge >= 0.3 is 6.36 Å². The lowest BCUT2D eigenvalue weighted by molar-refractivity contribution is -0.274. The summed E-state index contributed by atoms with van der Waals surface area (Å²) in [6, 6.07) is 10.1. The lowest BCUT2D eigenvalue weighted by Crippen LogP contribution is -2.18. The molecule has 1 amide bonds. The van der Waals surface area contributed by atoms with Gasteiger partial charge in [0.05, 0.1) is 6.21 Å². The Morgan fingerprint density at radius 1 is 1.08 bits per heavy atom. The number of rotatable bonds is 6. The predicted molar refractivity (Wildman–Crippen MR) is 81.7 cm³/mol. The van der Waals surface area contributed by atoms with Gasteiger partial charge in [0.2, 0.25) is 0 Å². The molecule has 5 nitrogen and oxygen atoms in total. The third kappa shape index (κ3) is 6.90. The zero-order valence-corrected chi connectivity index (χ0v) is 12.6. The van der Waals surface area contributed by atoms with Crippen molar-refractivity contribution < 1.29 is 31.9 Å². The average molecular weight is 356 g/mol. The third-order valence-electron chi connectivity index (χ3n) is 2.71. The van der Waals surface area contributed by atoms with Crippen molar-refractivity contribution in [1.82, 2.24) is 0 Å². The number of halogens is 4. The number of carbonyl (C=O) groups is 1. The van der Waals surface area contributed by atoms with Crippen LogP contribution in [0.3, 0.4) is 0 Å². The maximum absolute atomic E-state index is 12.7. The Bertz CT molecular complexity index is 729. The first kappa shape index (κ1) is 18.2. The molecule has 0 fully saturated rings. The third-order valence-corrected chi connectivity index (χ3v) is 2.71. The van der Waals surface area contributed by atoms with Crippen LogP contribution in [0.25, 0.3) is 0 Å². The zero-order valence-electron chi connectivity index (χ0n) is 12.6. The molecule has 0 saturated carbocycles. The molecular weight excluding hydrogens is 344 g/mol. The fourth-order valence-corrected chi connectivity index (χ4v) is 1.68. The van der Waals surface area contributed by atoms with E-state index in [0.717, 1.165) is 12.1 Å². The number of amides is 1. The van der Waals surface area contributed by atoms with E-state index in [2.05, 4.69) is 15.2 Å². The van der Waals surface area contributed by atoms with Crippen LogP contribution in [0, 0.1) is 5.82 Å². The average Bonchev–Trinajstić information content (AvgIpc) is 2.54. The van der Waals surface area contributed by atoms with E-state index >= 15 is 0 Å². The summed E-state index contributed by atoms with van der Waals surface area (Å²) in [6.45, 7) is -0.404. The van der Waals surface area contributed by atoms with Gasteiger partial charge in [-0.15, -0.1) is 13.2 Å². The van der Waals surface area contributed by atoms with E-state index in [1.54, 1.807) is 0 Å². The Balaban J connectivity index is 1.77. The number of oxime groups is 1. The van der Waals surface area contributed by atoms with Crippen molar-refractivity contribution in [2.45, 2.75) is 6.36 Å². The lowest BCUT2D eigenvalue weighted by Gasteiger charge is -2.09. The molecule has 0 bridgehead atoms. The number of hydrogen-bond donors (Lipinski definition) is 1. The van der Waals surface area contributed by atoms with Crippen molar-refractivity contribution in [2.24, 2.45) is 5.16 Å². The highest BCUT2D eigenvalue weighted by Crippen LogP contribution is 2.23. The number of alkyl halides is 3. The number of carbonyl (C=O) groups excluding carboxylic acids is 1. The molecule has 2 aromatic rings. The normalized spacial score (nSPS) is 11.4. The molecule has 2 rings (SSSR count). The van der Waals surface area contributed by atoms with Gasteiger partial charge < -0.3 is 14.9 Å². The highest BCUT2D eigenvalue weighted by molar-refractivity contribution is 5.91. The second kappa shape index (κ2) is 8.13. The van der Waals surface area contributed by atoms with E-state index in [1.807, 2.05) is 0 Å². The molecule has 0 radical (unpaired) electrons. The standard InChI is InChI=1S/C16H12F4N2O3/c17-12-3-1-11(2-4-12)9-21-24-10-15(23)22-13-5-7-14(8-6-13)25-16(18,19)20/h1-9H,10H2,(H,22,23)/b21-9+. The first-order valence-corrected chi connectivity index (χ1v) is 6.88. The quantitative estimate of drug-likeness (QED) is 0.488. The van der Waals surface area contributed by atoms with Crippen LogP contribution in [-0.2, 0) is 9.63 Å². The molecule has 0 saturated heterocycles. The van der Waals surface area contributed by atoms with E-state index < -0.39 is 24.6 Å². The van der Waals surface area contributed by atoms with Gasteiger partial charge in [0, 0.05) is 5.69 Å². The summed E-state index contributed by atoms with van der Waals surface area (Å²) in [5.74, 6) is -1.34. The molecule has 1 N–H and O–H groups in total. The molecule has 0 unspecified atom stereocenters. The van der Waals surface area contributed by atoms with Gasteiger partial charge in [-0.3, -0.25) is 4.79 Å². The molecule has 0 aliphatic carbocycles. The monoisotopic (exact) mass is 356 g/mol. The van der Waals surface area contributed by atoms with Crippen molar-refractivity contribution in [2.75, 3.05) is 11.9 Å². The minimum absolute atomic E-state index is 0.269. The highest BCUT2D eigenvalue weighted by Gasteiger charge is 2.30. The van der Waals surface area contributed by atoms with Crippen molar-refractivity contribution in [3.63, 3.8) is 0 Å². The van der Waals surface area contributed by atoms with Crippen molar-refractivity contribution in [3.8, 4) is 5.75 Å². The molecule has 132 valence electrons. The van der Waals surface area contributed by atoms with Crippen LogP contribution < -0.4 is 10.1 Å². The molecule has 9 heteroatoms. The Morgan fingerprint density at radius 3 is 2.32 bits per heavy atom. The Hall–Kier alpha value is -3.10. The summed E-state index contributed by atoms with van der Waals surface area (Å²) in [5, 5.41) is 5.97. The van der Waals surface area contributed by atoms with E-state index in [1.165, 1.54) is 42.6 Å². The van der Waals surface area contributed by atoms with Gasteiger partial charge in [-0.2, -0.15) is 0 Å². The topological polar surface area (TPSA) is 59.9 Å². The Labute approximate surface area is 139 Å². The van der Waals surface area contributed by atoms with Crippen LogP contribution in [0.2, 0.25) is 0 Å². The minimum atomic E-state index is -4.78. The van der Waals surface area contributed by atoms with Crippen LogP contribution in [0.4, 0.5) is 23.2 Å². The number of nitrogens with one attached hydrogen (secondary N) is 1. The molecule has 0 spiro atoms. The highest BCUT2D eigenvalue weighted by atomic mass is 19.4. The van der Waals surface area contributed by atoms with Gasteiger partial charge in [0.15, 0.2) is 6.61 Å². The second-order valence-electron chi connectivity index (χ2n) is 4.68. The maximum atomic E-state index is 12.7. The first-order chi connectivity index (χ1) is 11.8. The van der Waals surface area contributed by atoms with Gasteiger partial charge in [-0.1, -0.05) is 17.3 Å². The summed E-state index contributed by atoms with van der Waals surface area (Å²) in [4.78, 5) is 16.4. The van der Waals surface area contributed by atoms with Crippen LogP contribution >= 0.6 is 0 Å². The summed E-state index contributed by atoms with van der Waals surface area (Å²) in [5.41, 5.74) is 0.854. The Kier molecular flexibility index (Phi) is 5.93. The lowest BCUT2D eigenvalue weighted by atomic mass is 10.2. The number of hydrogen-bond acceptors (Lipinski definition) is 4. The molecule has 0 atom stereocenters. The molecule has 0 aromatic heterocycles. The SMILES string of the molecule is O=C(CO/N=C/c1ccc(F)cc1)Nc1ccc(OC(F)(F)F)cc1. The number of anilines is 1. The summed E-state index contributed by atoms with van der Waals surface area (Å²) >= 11 is 0. The van der Waals surface area contributed by atoms with E-state index in [9.17, 15) is 22.4 Å². The fraction of sp³-hybridized carbons (Fsp3) is 0.125. The molecule has 0 aliphatic heterocycles. The summed E-state index contributed by atoms with van der Waals surface area (Å²) < 4.78 is 52.5. The molecule has 2 aromatic carbocycles. The van der Waals surface area contributed by atoms with Crippen LogP contribution in [0.1, 0.15) is 5.56 Å². The van der Waals surface area contributed by atoms with Crippen LogP contribution in [-0.4, -0.2) is 25.1 Å². The molecular formula is C16H12F4N2O3. The maximum Gasteiger partial charge on any atom is 0.573 e. The van der Waals surface area contributed by atoms with Crippen molar-refractivity contribution in [3.05, 3.63) is 59.9 Å². The molecule has 0 aliphatic rings. The zero-order chi connectivity index (χ0) is 18.3. The van der Waals surface area contributed by atoms with Gasteiger partial charge in [0.1, 0.15) is 11.6 Å². The van der Waals surface area contributed by atoms with E-state index in [0.29, 0.717) is 5.56 Å². The van der Waals surface area contributed by atoms with Gasteiger partial charge in [0.25, 0.3) is 5.91 Å². The smallest absolute Gasteiger partial charge is 0.406 e. The number of nitrogens with zero attached hydrogens (tertiary/aromatic N) is 1. The fourth-order valence-electron chi connectivity index (χ4n) is 1.68. The predicted octanol–water partition coefficient (Wildman–Crippen LogP) is 3.71. The Morgan fingerprint density at radius 2 is 1.72 bits per heavy atom. The van der Waals surface area contributed by atoms with Gasteiger partial charge in [-0.05, 0) is 42.0 Å². The molecule has 25 heavy (non-hydrogen) atoms. The van der Waals surface area contributed by atoms with E-state index in [4.69, 9.17) is 4.84 Å². The second-order valence-corrected chi connectivity index (χ2v) is 4.68. The van der Waals surface area contributed by atoms with Gasteiger partial charge in [-0.25, -0.2) is 4.39 Å². The van der Waals surface area contributed by atoms with E-state index in [-0.39, 0.29) is 11.5 Å². The minimum Gasteiger partial charge on any atom is -0.406 e. The van der Waals surface area contributed by atoms with Crippen molar-refractivity contribution in [1.29, 1.82) is 0 Å². The number of benzene rings is 2. The van der Waals surface area contributed by atoms with Crippen molar-refractivity contribution >= 4 is 17.8 Å². The first-order valence-electron chi connectivity index (χ1n) is 6.88. The van der Waals surface area contributed by atoms with Crippen LogP contribution in [0.15, 0.2) is 53.7 Å². The molecule has 0 heterocycles. The largest absolute Gasteiger partial charge is 0.573 e. The van der Waals surface area contributed by atoms with Crippen LogP contribution in [0.5, 0.6) is 5.75 Å².